The molecule has 2 N–H and O–H groups in total. The highest BCUT2D eigenvalue weighted by molar-refractivity contribution is 7.16. The monoisotopic (exact) mass is 591 g/mol. The molecule has 5 heterocycles. The van der Waals surface area contributed by atoms with Crippen LogP contribution in [0.5, 0.6) is 0 Å². The van der Waals surface area contributed by atoms with Crippen LogP contribution in [-0.2, 0) is 17.7 Å². The standard InChI is InChI=1S/C29H26ClN5O3S2/c30-25-10-9-21(40-25)17-24-26(31)27(23-4-1-11-34(29(23)37)18-22-3-2-16-39-22)32-35(24)28(36)19-5-7-20(8-6-19)33-12-14-38-15-13-33/h1-11,16H,12-15,17-18,31H2. The van der Waals surface area contributed by atoms with Crippen LogP contribution in [0, 0.1) is 0 Å². The van der Waals surface area contributed by atoms with Crippen molar-refractivity contribution in [1.29, 1.82) is 0 Å². The molecule has 0 atom stereocenters. The molecule has 0 spiro atoms. The number of rotatable bonds is 7. The Bertz CT molecular complexity index is 1700. The summed E-state index contributed by atoms with van der Waals surface area (Å²) in [6, 6.07) is 18.6. The summed E-state index contributed by atoms with van der Waals surface area (Å²) in [5.74, 6) is -0.320. The second-order valence-electron chi connectivity index (χ2n) is 9.39. The molecule has 11 heteroatoms. The lowest BCUT2D eigenvalue weighted by molar-refractivity contribution is 0.0942. The maximum absolute atomic E-state index is 13.8. The summed E-state index contributed by atoms with van der Waals surface area (Å²) in [7, 11) is 0. The van der Waals surface area contributed by atoms with Crippen molar-refractivity contribution in [1.82, 2.24) is 14.3 Å². The molecule has 0 unspecified atom stereocenters. The molecule has 1 saturated heterocycles. The van der Waals surface area contributed by atoms with Gasteiger partial charge in [0.05, 0.1) is 41.0 Å². The first-order chi connectivity index (χ1) is 19.5. The van der Waals surface area contributed by atoms with Gasteiger partial charge in [-0.2, -0.15) is 9.78 Å². The minimum Gasteiger partial charge on any atom is -0.395 e. The molecule has 5 aromatic rings. The van der Waals surface area contributed by atoms with Crippen molar-refractivity contribution in [3.63, 3.8) is 0 Å². The van der Waals surface area contributed by atoms with E-state index in [0.29, 0.717) is 58.7 Å². The quantitative estimate of drug-likeness (QED) is 0.278. The van der Waals surface area contributed by atoms with Crippen LogP contribution in [0.1, 0.15) is 25.8 Å². The van der Waals surface area contributed by atoms with E-state index in [0.717, 1.165) is 28.5 Å². The lowest BCUT2D eigenvalue weighted by Crippen LogP contribution is -2.36. The minimum atomic E-state index is -0.320. The number of halogens is 1. The first kappa shape index (κ1) is 26.5. The van der Waals surface area contributed by atoms with Crippen molar-refractivity contribution in [3.8, 4) is 11.3 Å². The molecular weight excluding hydrogens is 566 g/mol. The zero-order valence-corrected chi connectivity index (χ0v) is 23.8. The maximum Gasteiger partial charge on any atom is 0.278 e. The Hall–Kier alpha value is -3.70. The minimum absolute atomic E-state index is 0.222. The van der Waals surface area contributed by atoms with Crippen LogP contribution >= 0.6 is 34.3 Å². The Morgan fingerprint density at radius 2 is 1.82 bits per heavy atom. The van der Waals surface area contributed by atoms with Gasteiger partial charge in [-0.25, -0.2) is 0 Å². The summed E-state index contributed by atoms with van der Waals surface area (Å²) in [6.07, 6.45) is 2.10. The third kappa shape index (κ3) is 5.35. The third-order valence-corrected chi connectivity index (χ3v) is 8.95. The number of aromatic nitrogens is 3. The van der Waals surface area contributed by atoms with Gasteiger partial charge in [0.2, 0.25) is 0 Å². The number of hydrogen-bond donors (Lipinski definition) is 1. The van der Waals surface area contributed by atoms with Gasteiger partial charge in [-0.1, -0.05) is 17.7 Å². The molecule has 204 valence electrons. The van der Waals surface area contributed by atoms with Crippen LogP contribution in [0.2, 0.25) is 4.34 Å². The lowest BCUT2D eigenvalue weighted by atomic mass is 10.1. The van der Waals surface area contributed by atoms with Gasteiger partial charge >= 0.3 is 0 Å². The summed E-state index contributed by atoms with van der Waals surface area (Å²) >= 11 is 9.18. The second kappa shape index (κ2) is 11.4. The summed E-state index contributed by atoms with van der Waals surface area (Å²) in [4.78, 5) is 31.5. The zero-order valence-electron chi connectivity index (χ0n) is 21.5. The maximum atomic E-state index is 13.8. The van der Waals surface area contributed by atoms with Gasteiger partial charge in [0, 0.05) is 46.7 Å². The van der Waals surface area contributed by atoms with Crippen LogP contribution in [0.3, 0.4) is 0 Å². The van der Waals surface area contributed by atoms with Gasteiger partial charge in [0.15, 0.2) is 0 Å². The number of benzene rings is 1. The summed E-state index contributed by atoms with van der Waals surface area (Å²) < 4.78 is 9.05. The van der Waals surface area contributed by atoms with Gasteiger partial charge < -0.3 is 19.9 Å². The predicted molar refractivity (Wildman–Crippen MR) is 161 cm³/mol. The first-order valence-electron chi connectivity index (χ1n) is 12.8. The van der Waals surface area contributed by atoms with E-state index in [1.54, 1.807) is 46.4 Å². The van der Waals surface area contributed by atoms with Gasteiger partial charge in [-0.15, -0.1) is 22.7 Å². The highest BCUT2D eigenvalue weighted by atomic mass is 35.5. The van der Waals surface area contributed by atoms with Crippen molar-refractivity contribution in [2.45, 2.75) is 13.0 Å². The van der Waals surface area contributed by atoms with E-state index in [1.807, 2.05) is 41.8 Å². The largest absolute Gasteiger partial charge is 0.395 e. The van der Waals surface area contributed by atoms with Crippen LogP contribution in [-0.4, -0.2) is 46.6 Å². The number of hydrogen-bond acceptors (Lipinski definition) is 8. The smallest absolute Gasteiger partial charge is 0.278 e. The Balaban J connectivity index is 1.39. The molecule has 0 aliphatic carbocycles. The Morgan fingerprint density at radius 3 is 2.52 bits per heavy atom. The van der Waals surface area contributed by atoms with Gasteiger partial charge in [-0.05, 0) is 60.0 Å². The molecule has 0 bridgehead atoms. The van der Waals surface area contributed by atoms with Crippen molar-refractivity contribution >= 4 is 51.6 Å². The SMILES string of the molecule is Nc1c(-c2cccn(Cc3cccs3)c2=O)nn(C(=O)c2ccc(N3CCOCC3)cc2)c1Cc1ccc(Cl)s1. The van der Waals surface area contributed by atoms with E-state index in [2.05, 4.69) is 10.00 Å². The lowest BCUT2D eigenvalue weighted by Gasteiger charge is -2.28. The van der Waals surface area contributed by atoms with E-state index < -0.39 is 0 Å². The number of carbonyl (C=O) groups is 1. The molecule has 1 aliphatic rings. The predicted octanol–water partition coefficient (Wildman–Crippen LogP) is 5.23. The number of carbonyl (C=O) groups excluding carboxylic acids is 1. The van der Waals surface area contributed by atoms with Crippen LogP contribution in [0.4, 0.5) is 11.4 Å². The van der Waals surface area contributed by atoms with Crippen molar-refractivity contribution in [3.05, 3.63) is 108 Å². The second-order valence-corrected chi connectivity index (χ2v) is 12.2. The number of thiophene rings is 2. The third-order valence-electron chi connectivity index (χ3n) is 6.86. The molecule has 0 saturated carbocycles. The topological polar surface area (TPSA) is 95.4 Å². The van der Waals surface area contributed by atoms with E-state index >= 15 is 0 Å². The molecule has 1 aromatic carbocycles. The molecule has 0 amide bonds. The van der Waals surface area contributed by atoms with Gasteiger partial charge in [0.25, 0.3) is 11.5 Å². The normalized spacial score (nSPS) is 13.6. The summed E-state index contributed by atoms with van der Waals surface area (Å²) in [5, 5.41) is 6.62. The van der Waals surface area contributed by atoms with E-state index in [4.69, 9.17) is 22.1 Å². The van der Waals surface area contributed by atoms with Crippen molar-refractivity contribution in [2.24, 2.45) is 0 Å². The fraction of sp³-hybridized carbons (Fsp3) is 0.207. The Labute approximate surface area is 243 Å². The number of ether oxygens (including phenoxy) is 1. The molecule has 6 rings (SSSR count). The fourth-order valence-corrected chi connectivity index (χ4v) is 6.58. The summed E-state index contributed by atoms with van der Waals surface area (Å²) in [5.41, 5.74) is 9.39. The van der Waals surface area contributed by atoms with E-state index in [9.17, 15) is 9.59 Å². The molecule has 8 nitrogen and oxygen atoms in total. The van der Waals surface area contributed by atoms with E-state index in [-0.39, 0.29) is 11.5 Å². The molecule has 0 radical (unpaired) electrons. The Kier molecular flexibility index (Phi) is 7.57. The van der Waals surface area contributed by atoms with E-state index in [1.165, 1.54) is 16.0 Å². The van der Waals surface area contributed by atoms with Gasteiger partial charge in [0.1, 0.15) is 5.69 Å². The first-order valence-corrected chi connectivity index (χ1v) is 14.9. The number of morpholine rings is 1. The average Bonchev–Trinajstić information content (AvgIpc) is 3.72. The number of nitrogens with two attached hydrogens (primary N) is 1. The highest BCUT2D eigenvalue weighted by Gasteiger charge is 2.25. The number of nitrogen functional groups attached to an aromatic ring is 1. The van der Waals surface area contributed by atoms with Gasteiger partial charge in [-0.3, -0.25) is 9.59 Å². The fourth-order valence-electron chi connectivity index (χ4n) is 4.78. The summed E-state index contributed by atoms with van der Waals surface area (Å²) in [6.45, 7) is 3.42. The molecule has 1 fully saturated rings. The van der Waals surface area contributed by atoms with Crippen LogP contribution < -0.4 is 16.2 Å². The Morgan fingerprint density at radius 1 is 1.02 bits per heavy atom. The number of pyridine rings is 1. The van der Waals surface area contributed by atoms with Crippen LogP contribution in [0.25, 0.3) is 11.3 Å². The highest BCUT2D eigenvalue weighted by Crippen LogP contribution is 2.31. The van der Waals surface area contributed by atoms with Crippen molar-refractivity contribution in [2.75, 3.05) is 36.9 Å². The molecule has 40 heavy (non-hydrogen) atoms. The average molecular weight is 592 g/mol. The molecule has 1 aliphatic heterocycles. The van der Waals surface area contributed by atoms with Crippen LogP contribution in [0.15, 0.2) is 77.0 Å². The number of nitrogens with zero attached hydrogens (tertiary/aromatic N) is 4. The molecular formula is C29H26ClN5O3S2. The number of anilines is 2. The van der Waals surface area contributed by atoms with Crippen molar-refractivity contribution < 1.29 is 9.53 Å². The molecule has 4 aromatic heterocycles. The zero-order chi connectivity index (χ0) is 27.6.